The maximum Gasteiger partial charge on any atom is 0.460 e. The van der Waals surface area contributed by atoms with Crippen LogP contribution in [0.2, 0.25) is 0 Å². The molecule has 1 N–H and O–H groups in total. The van der Waals surface area contributed by atoms with E-state index >= 15 is 0 Å². The van der Waals surface area contributed by atoms with E-state index in [4.69, 9.17) is 4.78 Å². The van der Waals surface area contributed by atoms with Crippen molar-refractivity contribution in [2.45, 2.75) is 75.9 Å². The van der Waals surface area contributed by atoms with Crippen LogP contribution in [0.5, 0.6) is 0 Å². The van der Waals surface area contributed by atoms with Crippen molar-refractivity contribution in [3.63, 3.8) is 0 Å². The number of aryl methyl sites for hydroxylation is 2. The summed E-state index contributed by atoms with van der Waals surface area (Å²) >= 11 is 0. The van der Waals surface area contributed by atoms with Gasteiger partial charge < -0.3 is 0 Å². The Morgan fingerprint density at radius 3 is 1.69 bits per heavy atom. The highest BCUT2D eigenvalue weighted by Crippen LogP contribution is 2.33. The average Bonchev–Trinajstić information content (AvgIpc) is 2.93. The first-order valence-electron chi connectivity index (χ1n) is 8.58. The van der Waals surface area contributed by atoms with Gasteiger partial charge in [0.1, 0.15) is 23.1 Å². The highest BCUT2D eigenvalue weighted by atomic mass is 32.2. The van der Waals surface area contributed by atoms with Gasteiger partial charge in [-0.25, -0.2) is 9.13 Å². The van der Waals surface area contributed by atoms with Crippen LogP contribution in [0.15, 0.2) is 18.7 Å². The number of hydrogen-bond acceptors (Lipinski definition) is 1. The molecule has 0 aliphatic rings. The van der Waals surface area contributed by atoms with Gasteiger partial charge in [-0.05, 0) is 12.8 Å². The minimum Gasteiger partial charge on any atom is -0.265 e. The zero-order chi connectivity index (χ0) is 20.2. The molecule has 0 fully saturated rings. The third kappa shape index (κ3) is 12.3. The van der Waals surface area contributed by atoms with E-state index in [9.17, 15) is 26.3 Å². The normalized spacial score (nSPS) is 12.2. The standard InChI is InChI=1S/C14H27N2.C2HF6NS/c1-3-4-5-6-7-8-9-10-11-16-13-12-15(2)14-16;3-1(4,5)10(9)2(6,7)8/h12-14H,3-11H2,1-2H3;9H/q+1;. The van der Waals surface area contributed by atoms with Gasteiger partial charge in [-0.1, -0.05) is 45.4 Å². The van der Waals surface area contributed by atoms with Crippen LogP contribution in [-0.4, -0.2) is 15.6 Å². The molecule has 10 heteroatoms. The lowest BCUT2D eigenvalue weighted by atomic mass is 10.1. The summed E-state index contributed by atoms with van der Waals surface area (Å²) in [6, 6.07) is 0. The van der Waals surface area contributed by atoms with Gasteiger partial charge >= 0.3 is 11.0 Å². The molecule has 0 amide bonds. The maximum atomic E-state index is 11.0. The molecule has 0 atom stereocenters. The molecule has 3 nitrogen and oxygen atoms in total. The van der Waals surface area contributed by atoms with E-state index in [-0.39, 0.29) is 0 Å². The smallest absolute Gasteiger partial charge is 0.265 e. The summed E-state index contributed by atoms with van der Waals surface area (Å²) < 4.78 is 76.3. The lowest BCUT2D eigenvalue weighted by Crippen LogP contribution is -2.28. The van der Waals surface area contributed by atoms with Crippen LogP contribution in [0.3, 0.4) is 0 Å². The van der Waals surface area contributed by atoms with E-state index in [0.29, 0.717) is 0 Å². The number of aromatic nitrogens is 2. The van der Waals surface area contributed by atoms with E-state index < -0.39 is 21.7 Å². The SMILES string of the molecule is CCCCCCCCCCn1cc[n+](C)c1.N=S(C(F)(F)F)C(F)(F)F. The Bertz CT molecular complexity index is 495. The molecule has 0 saturated carbocycles. The van der Waals surface area contributed by atoms with Gasteiger partial charge in [0.2, 0.25) is 6.33 Å². The van der Waals surface area contributed by atoms with E-state index in [2.05, 4.69) is 41.8 Å². The lowest BCUT2D eigenvalue weighted by Gasteiger charge is -2.11. The molecule has 0 unspecified atom stereocenters. The molecule has 0 radical (unpaired) electrons. The van der Waals surface area contributed by atoms with Crippen LogP contribution in [0.4, 0.5) is 26.3 Å². The number of hydrogen-bond donors (Lipinski definition) is 1. The van der Waals surface area contributed by atoms with Crippen LogP contribution < -0.4 is 4.57 Å². The number of imidazole rings is 1. The molecule has 0 saturated heterocycles. The average molecular weight is 408 g/mol. The second kappa shape index (κ2) is 12.3. The number of nitrogens with zero attached hydrogens (tertiary/aromatic N) is 2. The molecule has 0 aromatic carbocycles. The lowest BCUT2D eigenvalue weighted by molar-refractivity contribution is -0.671. The molecule has 154 valence electrons. The molecule has 1 aromatic rings. The Morgan fingerprint density at radius 1 is 0.885 bits per heavy atom. The topological polar surface area (TPSA) is 32.7 Å². The summed E-state index contributed by atoms with van der Waals surface area (Å²) in [5, 5.41) is 0. The van der Waals surface area contributed by atoms with Crippen LogP contribution in [0.25, 0.3) is 0 Å². The van der Waals surface area contributed by atoms with Gasteiger partial charge in [-0.3, -0.25) is 4.78 Å². The molecular weight excluding hydrogens is 380 g/mol. The summed E-state index contributed by atoms with van der Waals surface area (Å²) in [6.45, 7) is 3.45. The molecule has 0 bridgehead atoms. The molecular formula is C16H28F6N3S+. The van der Waals surface area contributed by atoms with Gasteiger partial charge in [0.05, 0.1) is 13.6 Å². The fraction of sp³-hybridized carbons (Fsp3) is 0.812. The predicted molar refractivity (Wildman–Crippen MR) is 90.4 cm³/mol. The molecule has 1 heterocycles. The van der Waals surface area contributed by atoms with E-state index in [0.717, 1.165) is 0 Å². The molecule has 1 aromatic heterocycles. The van der Waals surface area contributed by atoms with Crippen molar-refractivity contribution in [3.8, 4) is 0 Å². The van der Waals surface area contributed by atoms with Crippen molar-refractivity contribution in [3.05, 3.63) is 18.7 Å². The second-order valence-corrected chi connectivity index (χ2v) is 7.53. The Hall–Kier alpha value is -1.06. The summed E-state index contributed by atoms with van der Waals surface area (Å²) in [7, 11) is -2.18. The molecule has 0 aliphatic carbocycles. The number of nitrogens with one attached hydrogen (secondary N) is 1. The quantitative estimate of drug-likeness (QED) is 0.302. The van der Waals surface area contributed by atoms with Crippen LogP contribution in [-0.2, 0) is 24.3 Å². The number of alkyl halides is 6. The van der Waals surface area contributed by atoms with Crippen molar-refractivity contribution in [2.24, 2.45) is 7.05 Å². The van der Waals surface area contributed by atoms with Crippen LogP contribution >= 0.6 is 0 Å². The van der Waals surface area contributed by atoms with E-state index in [1.807, 2.05) is 0 Å². The Morgan fingerprint density at radius 2 is 1.35 bits per heavy atom. The second-order valence-electron chi connectivity index (χ2n) is 5.99. The van der Waals surface area contributed by atoms with Gasteiger partial charge in [0.25, 0.3) is 0 Å². The van der Waals surface area contributed by atoms with Crippen LogP contribution in [0.1, 0.15) is 58.3 Å². The highest BCUT2D eigenvalue weighted by Gasteiger charge is 2.50. The number of halogens is 6. The fourth-order valence-corrected chi connectivity index (χ4v) is 2.46. The zero-order valence-corrected chi connectivity index (χ0v) is 16.0. The largest absolute Gasteiger partial charge is 0.460 e. The Balaban J connectivity index is 0.000000541. The minimum absolute atomic E-state index is 1.18. The van der Waals surface area contributed by atoms with Gasteiger partial charge in [0, 0.05) is 0 Å². The third-order valence-electron chi connectivity index (χ3n) is 3.56. The zero-order valence-electron chi connectivity index (χ0n) is 15.2. The molecule has 1 rings (SSSR count). The number of unbranched alkanes of at least 4 members (excludes halogenated alkanes) is 7. The van der Waals surface area contributed by atoms with Crippen molar-refractivity contribution in [1.29, 1.82) is 4.78 Å². The van der Waals surface area contributed by atoms with Crippen molar-refractivity contribution in [1.82, 2.24) is 4.57 Å². The van der Waals surface area contributed by atoms with E-state index in [1.54, 1.807) is 0 Å². The van der Waals surface area contributed by atoms with Crippen molar-refractivity contribution < 1.29 is 30.9 Å². The molecule has 0 aliphatic heterocycles. The molecule has 26 heavy (non-hydrogen) atoms. The Kier molecular flexibility index (Phi) is 11.8. The fourth-order valence-electron chi connectivity index (χ4n) is 2.19. The number of rotatable bonds is 9. The minimum atomic E-state index is -5.49. The summed E-state index contributed by atoms with van der Waals surface area (Å²) in [5.41, 5.74) is -11.0. The van der Waals surface area contributed by atoms with Gasteiger partial charge in [-0.15, -0.1) is 0 Å². The molecule has 0 spiro atoms. The summed E-state index contributed by atoms with van der Waals surface area (Å²) in [5.74, 6) is 0. The van der Waals surface area contributed by atoms with E-state index in [1.165, 1.54) is 57.9 Å². The van der Waals surface area contributed by atoms with Gasteiger partial charge in [0.15, 0.2) is 0 Å². The predicted octanol–water partition coefficient (Wildman–Crippen LogP) is 5.86. The Labute approximate surface area is 153 Å². The highest BCUT2D eigenvalue weighted by molar-refractivity contribution is 7.87. The third-order valence-corrected chi connectivity index (χ3v) is 4.48. The maximum absolute atomic E-state index is 11.0. The van der Waals surface area contributed by atoms with Gasteiger partial charge in [-0.2, -0.15) is 26.3 Å². The van der Waals surface area contributed by atoms with Crippen molar-refractivity contribution >= 4 is 10.7 Å². The first-order valence-corrected chi connectivity index (χ1v) is 9.81. The van der Waals surface area contributed by atoms with Crippen molar-refractivity contribution in [2.75, 3.05) is 0 Å². The monoisotopic (exact) mass is 408 g/mol. The summed E-state index contributed by atoms with van der Waals surface area (Å²) in [4.78, 5) is 0. The first kappa shape index (κ1) is 24.9. The van der Waals surface area contributed by atoms with Crippen LogP contribution in [0, 0.1) is 4.78 Å². The first-order chi connectivity index (χ1) is 12.0. The summed E-state index contributed by atoms with van der Waals surface area (Å²) in [6.07, 6.45) is 17.6.